The lowest BCUT2D eigenvalue weighted by atomic mass is 10.2. The van der Waals surface area contributed by atoms with Crippen molar-refractivity contribution in [3.63, 3.8) is 0 Å². The lowest BCUT2D eigenvalue weighted by molar-refractivity contribution is 0.102. The van der Waals surface area contributed by atoms with Gasteiger partial charge in [-0.15, -0.1) is 0 Å². The first-order chi connectivity index (χ1) is 11.3. The van der Waals surface area contributed by atoms with Gasteiger partial charge in [-0.05, 0) is 24.3 Å². The van der Waals surface area contributed by atoms with E-state index < -0.39 is 0 Å². The zero-order valence-electron chi connectivity index (χ0n) is 12.3. The molecule has 3 aromatic rings. The molecule has 0 spiro atoms. The summed E-state index contributed by atoms with van der Waals surface area (Å²) in [7, 11) is 0. The number of benzene rings is 1. The molecule has 2 aromatic heterocycles. The van der Waals surface area contributed by atoms with Crippen LogP contribution in [-0.4, -0.2) is 20.7 Å². The summed E-state index contributed by atoms with van der Waals surface area (Å²) in [6.45, 7) is 0. The Morgan fingerprint density at radius 3 is 2.65 bits per heavy atom. The molecular formula is C17H14N4OS. The molecule has 6 heteroatoms. The van der Waals surface area contributed by atoms with Crippen LogP contribution in [0.1, 0.15) is 21.6 Å². The first kappa shape index (κ1) is 14.0. The van der Waals surface area contributed by atoms with E-state index in [4.69, 9.17) is 0 Å². The number of amides is 1. The molecule has 1 aliphatic rings. The first-order valence-corrected chi connectivity index (χ1v) is 8.44. The van der Waals surface area contributed by atoms with Gasteiger partial charge in [0.05, 0.1) is 11.4 Å². The minimum atomic E-state index is -0.149. The molecular weight excluding hydrogens is 308 g/mol. The molecule has 0 bridgehead atoms. The van der Waals surface area contributed by atoms with E-state index in [9.17, 15) is 4.79 Å². The number of carbonyl (C=O) groups excluding carboxylic acids is 1. The number of anilines is 1. The van der Waals surface area contributed by atoms with Crippen LogP contribution in [0.25, 0.3) is 5.69 Å². The molecule has 1 aromatic carbocycles. The van der Waals surface area contributed by atoms with Crippen molar-refractivity contribution in [1.29, 1.82) is 0 Å². The number of rotatable bonds is 3. The van der Waals surface area contributed by atoms with Gasteiger partial charge >= 0.3 is 0 Å². The number of pyridine rings is 1. The van der Waals surface area contributed by atoms with Gasteiger partial charge in [-0.3, -0.25) is 9.78 Å². The third-order valence-corrected chi connectivity index (χ3v) is 4.70. The van der Waals surface area contributed by atoms with E-state index in [1.54, 1.807) is 24.5 Å². The van der Waals surface area contributed by atoms with Crippen LogP contribution in [-0.2, 0) is 11.5 Å². The molecule has 0 radical (unpaired) electrons. The van der Waals surface area contributed by atoms with Crippen molar-refractivity contribution in [1.82, 2.24) is 14.8 Å². The Morgan fingerprint density at radius 1 is 1.09 bits per heavy atom. The van der Waals surface area contributed by atoms with Crippen molar-refractivity contribution >= 4 is 23.5 Å². The van der Waals surface area contributed by atoms with Crippen LogP contribution in [0, 0.1) is 0 Å². The molecule has 1 aliphatic heterocycles. The smallest absolute Gasteiger partial charge is 0.256 e. The summed E-state index contributed by atoms with van der Waals surface area (Å²) in [5.41, 5.74) is 3.68. The highest BCUT2D eigenvalue weighted by atomic mass is 32.2. The Morgan fingerprint density at radius 2 is 1.87 bits per heavy atom. The number of carbonyl (C=O) groups is 1. The molecule has 0 aliphatic carbocycles. The zero-order chi connectivity index (χ0) is 15.6. The molecule has 114 valence electrons. The fourth-order valence-electron chi connectivity index (χ4n) is 2.58. The molecule has 1 N–H and O–H groups in total. The summed E-state index contributed by atoms with van der Waals surface area (Å²) < 4.78 is 1.82. The van der Waals surface area contributed by atoms with Crippen LogP contribution in [0.2, 0.25) is 0 Å². The van der Waals surface area contributed by atoms with E-state index in [-0.39, 0.29) is 5.91 Å². The number of aromatic nitrogens is 3. The number of nitrogens with zero attached hydrogens (tertiary/aromatic N) is 3. The third-order valence-electron chi connectivity index (χ3n) is 3.73. The normalized spacial score (nSPS) is 12.9. The highest BCUT2D eigenvalue weighted by Gasteiger charge is 2.24. The summed E-state index contributed by atoms with van der Waals surface area (Å²) in [4.78, 5) is 16.5. The SMILES string of the molecule is O=C(Nc1c2c(nn1-c1ccccc1)CSC2)c1ccncc1. The minimum absolute atomic E-state index is 0.149. The van der Waals surface area contributed by atoms with Gasteiger partial charge in [0.1, 0.15) is 5.82 Å². The highest BCUT2D eigenvalue weighted by Crippen LogP contribution is 2.36. The quantitative estimate of drug-likeness (QED) is 0.804. The molecule has 0 atom stereocenters. The van der Waals surface area contributed by atoms with Gasteiger partial charge in [0.15, 0.2) is 0 Å². The standard InChI is InChI=1S/C17H14N4OS/c22-17(12-6-8-18-9-7-12)19-16-14-10-23-11-15(14)20-21(16)13-4-2-1-3-5-13/h1-9H,10-11H2,(H,19,22). The van der Waals surface area contributed by atoms with Crippen LogP contribution in [0.4, 0.5) is 5.82 Å². The van der Waals surface area contributed by atoms with Crippen molar-refractivity contribution in [2.75, 3.05) is 5.32 Å². The number of fused-ring (bicyclic) bond motifs is 1. The fourth-order valence-corrected chi connectivity index (χ4v) is 3.62. The summed E-state index contributed by atoms with van der Waals surface area (Å²) in [6.07, 6.45) is 3.23. The predicted octanol–water partition coefficient (Wildman–Crippen LogP) is 3.27. The molecule has 4 rings (SSSR count). The topological polar surface area (TPSA) is 59.8 Å². The average Bonchev–Trinajstić information content (AvgIpc) is 3.19. The van der Waals surface area contributed by atoms with Crippen LogP contribution >= 0.6 is 11.8 Å². The van der Waals surface area contributed by atoms with Crippen LogP contribution < -0.4 is 5.32 Å². The third kappa shape index (κ3) is 2.61. The summed E-state index contributed by atoms with van der Waals surface area (Å²) in [5.74, 6) is 2.36. The second-order valence-electron chi connectivity index (χ2n) is 5.20. The van der Waals surface area contributed by atoms with Crippen molar-refractivity contribution in [2.45, 2.75) is 11.5 Å². The van der Waals surface area contributed by atoms with Gasteiger partial charge in [0.2, 0.25) is 0 Å². The van der Waals surface area contributed by atoms with E-state index >= 15 is 0 Å². The molecule has 3 heterocycles. The van der Waals surface area contributed by atoms with Gasteiger partial charge in [-0.1, -0.05) is 18.2 Å². The van der Waals surface area contributed by atoms with Gasteiger partial charge in [0.25, 0.3) is 5.91 Å². The van der Waals surface area contributed by atoms with E-state index in [0.29, 0.717) is 5.56 Å². The zero-order valence-corrected chi connectivity index (χ0v) is 13.1. The number of para-hydroxylation sites is 1. The number of thioether (sulfide) groups is 1. The monoisotopic (exact) mass is 322 g/mol. The maximum absolute atomic E-state index is 12.5. The number of hydrogen-bond donors (Lipinski definition) is 1. The largest absolute Gasteiger partial charge is 0.306 e. The van der Waals surface area contributed by atoms with Crippen molar-refractivity contribution in [3.8, 4) is 5.69 Å². The van der Waals surface area contributed by atoms with Crippen LogP contribution in [0.3, 0.4) is 0 Å². The second-order valence-corrected chi connectivity index (χ2v) is 6.19. The van der Waals surface area contributed by atoms with E-state index in [0.717, 1.165) is 34.3 Å². The Kier molecular flexibility index (Phi) is 3.59. The van der Waals surface area contributed by atoms with Gasteiger partial charge in [0, 0.05) is 35.0 Å². The van der Waals surface area contributed by atoms with E-state index in [2.05, 4.69) is 15.4 Å². The van der Waals surface area contributed by atoms with Gasteiger partial charge in [-0.25, -0.2) is 4.68 Å². The molecule has 0 unspecified atom stereocenters. The average molecular weight is 322 g/mol. The van der Waals surface area contributed by atoms with Crippen molar-refractivity contribution < 1.29 is 4.79 Å². The molecule has 1 amide bonds. The molecule has 0 fully saturated rings. The predicted molar refractivity (Wildman–Crippen MR) is 90.8 cm³/mol. The minimum Gasteiger partial charge on any atom is -0.306 e. The van der Waals surface area contributed by atoms with E-state index in [1.165, 1.54) is 0 Å². The van der Waals surface area contributed by atoms with Crippen LogP contribution in [0.15, 0.2) is 54.9 Å². The Hall–Kier alpha value is -2.60. The summed E-state index contributed by atoms with van der Waals surface area (Å²) >= 11 is 1.81. The lowest BCUT2D eigenvalue weighted by Crippen LogP contribution is -2.16. The number of nitrogens with one attached hydrogen (secondary N) is 1. The first-order valence-electron chi connectivity index (χ1n) is 7.28. The molecule has 23 heavy (non-hydrogen) atoms. The summed E-state index contributed by atoms with van der Waals surface area (Å²) in [6, 6.07) is 13.3. The highest BCUT2D eigenvalue weighted by molar-refractivity contribution is 7.98. The molecule has 0 saturated heterocycles. The maximum atomic E-state index is 12.5. The maximum Gasteiger partial charge on any atom is 0.256 e. The van der Waals surface area contributed by atoms with Gasteiger partial charge < -0.3 is 5.32 Å². The van der Waals surface area contributed by atoms with Crippen molar-refractivity contribution in [3.05, 3.63) is 71.7 Å². The van der Waals surface area contributed by atoms with Crippen molar-refractivity contribution in [2.24, 2.45) is 0 Å². The number of hydrogen-bond acceptors (Lipinski definition) is 4. The molecule has 0 saturated carbocycles. The van der Waals surface area contributed by atoms with Crippen LogP contribution in [0.5, 0.6) is 0 Å². The molecule has 5 nitrogen and oxygen atoms in total. The van der Waals surface area contributed by atoms with E-state index in [1.807, 2.05) is 46.8 Å². The fraction of sp³-hybridized carbons (Fsp3) is 0.118. The Labute approximate surface area is 137 Å². The lowest BCUT2D eigenvalue weighted by Gasteiger charge is -2.11. The summed E-state index contributed by atoms with van der Waals surface area (Å²) in [5, 5.41) is 7.70. The van der Waals surface area contributed by atoms with Gasteiger partial charge in [-0.2, -0.15) is 16.9 Å². The Bertz CT molecular complexity index is 846. The second kappa shape index (κ2) is 5.89. The Balaban J connectivity index is 1.74.